The highest BCUT2D eigenvalue weighted by molar-refractivity contribution is 5.95. The van der Waals surface area contributed by atoms with Gasteiger partial charge in [-0.25, -0.2) is 0 Å². The number of carbonyl (C=O) groups is 2. The van der Waals surface area contributed by atoms with E-state index < -0.39 is 5.41 Å². The van der Waals surface area contributed by atoms with E-state index in [0.717, 1.165) is 30.6 Å². The SMILES string of the molecule is Cc1ccc(C(=O)N2CC[C@@]3(CCN(Cc4cccnc4)C3=O)C2)cn1. The molecule has 6 nitrogen and oxygen atoms in total. The average Bonchev–Trinajstić information content (AvgIpc) is 3.23. The summed E-state index contributed by atoms with van der Waals surface area (Å²) in [6, 6.07) is 7.52. The van der Waals surface area contributed by atoms with Crippen LogP contribution in [0.1, 0.15) is 34.5 Å². The van der Waals surface area contributed by atoms with Gasteiger partial charge in [0.2, 0.25) is 5.91 Å². The first-order valence-corrected chi connectivity index (χ1v) is 8.98. The van der Waals surface area contributed by atoms with Gasteiger partial charge in [-0.3, -0.25) is 19.6 Å². The standard InChI is InChI=1S/C20H22N4O2/c1-15-4-5-17(12-22-15)18(25)24-10-7-20(14-24)6-9-23(19(20)26)13-16-3-2-8-21-11-16/h2-5,8,11-12H,6-7,9-10,13-14H2,1H3/t20-/m0/s1. The molecule has 1 spiro atoms. The Bertz CT molecular complexity index is 821. The first kappa shape index (κ1) is 16.7. The molecule has 2 amide bonds. The molecule has 134 valence electrons. The molecule has 2 saturated heterocycles. The van der Waals surface area contributed by atoms with Gasteiger partial charge in [0.25, 0.3) is 5.91 Å². The van der Waals surface area contributed by atoms with E-state index in [1.165, 1.54) is 0 Å². The van der Waals surface area contributed by atoms with Crippen LogP contribution in [0.15, 0.2) is 42.9 Å². The van der Waals surface area contributed by atoms with Gasteiger partial charge in [0, 0.05) is 50.5 Å². The van der Waals surface area contributed by atoms with Crippen LogP contribution in [-0.4, -0.2) is 51.2 Å². The number of hydrogen-bond acceptors (Lipinski definition) is 4. The number of hydrogen-bond donors (Lipinski definition) is 0. The third-order valence-electron chi connectivity index (χ3n) is 5.50. The van der Waals surface area contributed by atoms with Gasteiger partial charge in [-0.05, 0) is 43.5 Å². The number of aryl methyl sites for hydroxylation is 1. The smallest absolute Gasteiger partial charge is 0.255 e. The molecule has 0 unspecified atom stereocenters. The summed E-state index contributed by atoms with van der Waals surface area (Å²) in [5.41, 5.74) is 2.09. The summed E-state index contributed by atoms with van der Waals surface area (Å²) in [6.45, 7) is 4.35. The lowest BCUT2D eigenvalue weighted by atomic mass is 9.85. The summed E-state index contributed by atoms with van der Waals surface area (Å²) < 4.78 is 0. The summed E-state index contributed by atoms with van der Waals surface area (Å²) in [6.07, 6.45) is 6.70. The second-order valence-electron chi connectivity index (χ2n) is 7.28. The lowest BCUT2D eigenvalue weighted by Gasteiger charge is -2.23. The molecule has 2 aromatic heterocycles. The second-order valence-corrected chi connectivity index (χ2v) is 7.28. The molecule has 4 rings (SSSR count). The van der Waals surface area contributed by atoms with Crippen molar-refractivity contribution in [1.29, 1.82) is 0 Å². The molecule has 0 N–H and O–H groups in total. The molecule has 0 aromatic carbocycles. The molecule has 0 aliphatic carbocycles. The first-order chi connectivity index (χ1) is 12.6. The number of aromatic nitrogens is 2. The highest BCUT2D eigenvalue weighted by atomic mass is 16.2. The zero-order valence-electron chi connectivity index (χ0n) is 14.9. The van der Waals surface area contributed by atoms with E-state index in [2.05, 4.69) is 9.97 Å². The molecule has 0 bridgehead atoms. The maximum absolute atomic E-state index is 13.0. The van der Waals surface area contributed by atoms with Crippen LogP contribution in [0.4, 0.5) is 0 Å². The first-order valence-electron chi connectivity index (χ1n) is 8.98. The normalized spacial score (nSPS) is 22.4. The van der Waals surface area contributed by atoms with Crippen LogP contribution in [0.25, 0.3) is 0 Å². The number of pyridine rings is 2. The largest absolute Gasteiger partial charge is 0.338 e. The Kier molecular flexibility index (Phi) is 4.18. The van der Waals surface area contributed by atoms with Crippen molar-refractivity contribution in [3.05, 3.63) is 59.7 Å². The van der Waals surface area contributed by atoms with Crippen molar-refractivity contribution in [3.8, 4) is 0 Å². The minimum Gasteiger partial charge on any atom is -0.338 e. The van der Waals surface area contributed by atoms with Crippen molar-refractivity contribution in [1.82, 2.24) is 19.8 Å². The van der Waals surface area contributed by atoms with Gasteiger partial charge in [-0.15, -0.1) is 0 Å². The van der Waals surface area contributed by atoms with Crippen LogP contribution in [0.2, 0.25) is 0 Å². The number of nitrogens with zero attached hydrogens (tertiary/aromatic N) is 4. The van der Waals surface area contributed by atoms with Crippen molar-refractivity contribution in [2.24, 2.45) is 5.41 Å². The fraction of sp³-hybridized carbons (Fsp3) is 0.400. The Morgan fingerprint density at radius 1 is 1.19 bits per heavy atom. The van der Waals surface area contributed by atoms with Gasteiger partial charge in [0.15, 0.2) is 0 Å². The lowest BCUT2D eigenvalue weighted by molar-refractivity contribution is -0.135. The van der Waals surface area contributed by atoms with Crippen LogP contribution in [0.3, 0.4) is 0 Å². The summed E-state index contributed by atoms with van der Waals surface area (Å²) in [7, 11) is 0. The predicted molar refractivity (Wildman–Crippen MR) is 96.2 cm³/mol. The minimum absolute atomic E-state index is 0.0344. The molecule has 2 fully saturated rings. The monoisotopic (exact) mass is 350 g/mol. The van der Waals surface area contributed by atoms with E-state index in [4.69, 9.17) is 0 Å². The molecule has 0 saturated carbocycles. The molecule has 26 heavy (non-hydrogen) atoms. The summed E-state index contributed by atoms with van der Waals surface area (Å²) in [4.78, 5) is 37.8. The highest BCUT2D eigenvalue weighted by Gasteiger charge is 2.51. The summed E-state index contributed by atoms with van der Waals surface area (Å²) in [5.74, 6) is 0.131. The van der Waals surface area contributed by atoms with Gasteiger partial charge in [-0.2, -0.15) is 0 Å². The number of rotatable bonds is 3. The zero-order valence-corrected chi connectivity index (χ0v) is 14.9. The van der Waals surface area contributed by atoms with Gasteiger partial charge in [-0.1, -0.05) is 6.07 Å². The second kappa shape index (κ2) is 6.52. The van der Waals surface area contributed by atoms with Crippen LogP contribution < -0.4 is 0 Å². The van der Waals surface area contributed by atoms with Gasteiger partial charge in [0.1, 0.15) is 0 Å². The summed E-state index contributed by atoms with van der Waals surface area (Å²) >= 11 is 0. The highest BCUT2D eigenvalue weighted by Crippen LogP contribution is 2.41. The topological polar surface area (TPSA) is 66.4 Å². The van der Waals surface area contributed by atoms with Crippen LogP contribution in [-0.2, 0) is 11.3 Å². The van der Waals surface area contributed by atoms with E-state index in [1.54, 1.807) is 29.6 Å². The maximum Gasteiger partial charge on any atom is 0.255 e. The van der Waals surface area contributed by atoms with Gasteiger partial charge < -0.3 is 9.80 Å². The molecule has 1 atom stereocenters. The Labute approximate surface area is 152 Å². The van der Waals surface area contributed by atoms with E-state index >= 15 is 0 Å². The Morgan fingerprint density at radius 3 is 2.77 bits per heavy atom. The molecular formula is C20H22N4O2. The van der Waals surface area contributed by atoms with E-state index in [-0.39, 0.29) is 11.8 Å². The Morgan fingerprint density at radius 2 is 2.04 bits per heavy atom. The molecule has 6 heteroatoms. The molecular weight excluding hydrogens is 328 g/mol. The minimum atomic E-state index is -0.421. The predicted octanol–water partition coefficient (Wildman–Crippen LogP) is 2.05. The number of amides is 2. The quantitative estimate of drug-likeness (QED) is 0.850. The molecule has 0 radical (unpaired) electrons. The molecule has 4 heterocycles. The fourth-order valence-electron chi connectivity index (χ4n) is 3.96. The summed E-state index contributed by atoms with van der Waals surface area (Å²) in [5, 5.41) is 0. The van der Waals surface area contributed by atoms with Crippen molar-refractivity contribution >= 4 is 11.8 Å². The zero-order chi connectivity index (χ0) is 18.1. The Hall–Kier alpha value is -2.76. The maximum atomic E-state index is 13.0. The molecule has 2 aliphatic rings. The van der Waals surface area contributed by atoms with Crippen molar-refractivity contribution in [3.63, 3.8) is 0 Å². The number of likely N-dealkylation sites (tertiary alicyclic amines) is 2. The van der Waals surface area contributed by atoms with Crippen molar-refractivity contribution in [2.45, 2.75) is 26.3 Å². The third-order valence-corrected chi connectivity index (χ3v) is 5.50. The van der Waals surface area contributed by atoms with E-state index in [1.807, 2.05) is 30.0 Å². The van der Waals surface area contributed by atoms with Crippen LogP contribution in [0.5, 0.6) is 0 Å². The van der Waals surface area contributed by atoms with Crippen LogP contribution >= 0.6 is 0 Å². The van der Waals surface area contributed by atoms with Gasteiger partial charge in [0.05, 0.1) is 11.0 Å². The molecule has 2 aromatic rings. The van der Waals surface area contributed by atoms with E-state index in [0.29, 0.717) is 25.2 Å². The Balaban J connectivity index is 1.45. The van der Waals surface area contributed by atoms with Gasteiger partial charge >= 0.3 is 0 Å². The molecule has 2 aliphatic heterocycles. The lowest BCUT2D eigenvalue weighted by Crippen LogP contribution is -2.38. The third kappa shape index (κ3) is 2.96. The fourth-order valence-corrected chi connectivity index (χ4v) is 3.96. The van der Waals surface area contributed by atoms with Crippen molar-refractivity contribution < 1.29 is 9.59 Å². The van der Waals surface area contributed by atoms with Crippen LogP contribution in [0, 0.1) is 12.3 Å². The van der Waals surface area contributed by atoms with E-state index in [9.17, 15) is 9.59 Å². The number of carbonyl (C=O) groups excluding carboxylic acids is 2. The van der Waals surface area contributed by atoms with Crippen molar-refractivity contribution in [2.75, 3.05) is 19.6 Å². The average molecular weight is 350 g/mol.